The van der Waals surface area contributed by atoms with Crippen LogP contribution >= 0.6 is 0 Å². The summed E-state index contributed by atoms with van der Waals surface area (Å²) in [6.07, 6.45) is 0.408. The van der Waals surface area contributed by atoms with E-state index >= 15 is 0 Å². The first-order chi connectivity index (χ1) is 6.36. The van der Waals surface area contributed by atoms with Gasteiger partial charge in [-0.25, -0.2) is 4.79 Å². The van der Waals surface area contributed by atoms with Gasteiger partial charge in [-0.1, -0.05) is 36.3 Å². The van der Waals surface area contributed by atoms with E-state index in [2.05, 4.69) is 11.8 Å². The average molecular weight is 172 g/mol. The lowest BCUT2D eigenvalue weighted by molar-refractivity contribution is -0.142. The number of hydrogen-bond donors (Lipinski definition) is 0. The average Bonchev–Trinajstić information content (AvgIpc) is 2.19. The van der Waals surface area contributed by atoms with E-state index in [9.17, 15) is 4.79 Å². The summed E-state index contributed by atoms with van der Waals surface area (Å²) < 4.78 is 5.06. The van der Waals surface area contributed by atoms with Crippen LogP contribution in [0.5, 0.6) is 0 Å². The second kappa shape index (κ2) is 3.32. The van der Waals surface area contributed by atoms with Crippen molar-refractivity contribution in [3.05, 3.63) is 35.9 Å². The first kappa shape index (κ1) is 7.88. The van der Waals surface area contributed by atoms with Gasteiger partial charge in [-0.05, 0) is 5.56 Å². The highest BCUT2D eigenvalue weighted by molar-refractivity contribution is 5.89. The monoisotopic (exact) mass is 172 g/mol. The van der Waals surface area contributed by atoms with Gasteiger partial charge in [0.1, 0.15) is 6.10 Å². The zero-order chi connectivity index (χ0) is 9.10. The lowest BCUT2D eigenvalue weighted by Crippen LogP contribution is -2.12. The summed E-state index contributed by atoms with van der Waals surface area (Å²) >= 11 is 0. The molecule has 0 N–H and O–H groups in total. The van der Waals surface area contributed by atoms with Crippen LogP contribution < -0.4 is 0 Å². The molecule has 1 atom stereocenters. The van der Waals surface area contributed by atoms with Crippen molar-refractivity contribution in [2.24, 2.45) is 0 Å². The van der Waals surface area contributed by atoms with Crippen molar-refractivity contribution in [1.82, 2.24) is 0 Å². The minimum atomic E-state index is -0.430. The third-order valence-electron chi connectivity index (χ3n) is 1.90. The second-order valence-corrected chi connectivity index (χ2v) is 2.81. The molecular weight excluding hydrogens is 164 g/mol. The third kappa shape index (κ3) is 1.70. The lowest BCUT2D eigenvalue weighted by Gasteiger charge is -2.16. The molecule has 2 rings (SSSR count). The Morgan fingerprint density at radius 1 is 1.31 bits per heavy atom. The SMILES string of the molecule is O=C1C#CC[C@H](c2ccccc2)O1. The Hall–Kier alpha value is -1.75. The number of hydrogen-bond acceptors (Lipinski definition) is 2. The molecule has 1 heterocycles. The van der Waals surface area contributed by atoms with Crippen molar-refractivity contribution >= 4 is 5.97 Å². The van der Waals surface area contributed by atoms with Gasteiger partial charge < -0.3 is 4.74 Å². The smallest absolute Gasteiger partial charge is 0.384 e. The normalized spacial score (nSPS) is 20.0. The third-order valence-corrected chi connectivity index (χ3v) is 1.90. The molecule has 0 amide bonds. The van der Waals surface area contributed by atoms with Crippen LogP contribution in [0.4, 0.5) is 0 Å². The molecule has 0 unspecified atom stereocenters. The van der Waals surface area contributed by atoms with E-state index in [1.807, 2.05) is 30.3 Å². The summed E-state index contributed by atoms with van der Waals surface area (Å²) in [7, 11) is 0. The Morgan fingerprint density at radius 3 is 2.77 bits per heavy atom. The van der Waals surface area contributed by atoms with Gasteiger partial charge >= 0.3 is 5.97 Å². The minimum Gasteiger partial charge on any atom is -0.447 e. The number of rotatable bonds is 1. The molecule has 1 aliphatic heterocycles. The van der Waals surface area contributed by atoms with Gasteiger partial charge in [0.05, 0.1) is 6.42 Å². The fourth-order valence-electron chi connectivity index (χ4n) is 1.27. The van der Waals surface area contributed by atoms with E-state index in [0.717, 1.165) is 5.56 Å². The lowest BCUT2D eigenvalue weighted by atomic mass is 10.1. The number of benzene rings is 1. The molecule has 0 saturated heterocycles. The molecule has 1 aromatic rings. The highest BCUT2D eigenvalue weighted by atomic mass is 16.5. The first-order valence-electron chi connectivity index (χ1n) is 4.11. The van der Waals surface area contributed by atoms with Gasteiger partial charge in [-0.3, -0.25) is 0 Å². The second-order valence-electron chi connectivity index (χ2n) is 2.81. The number of cyclic esters (lactones) is 1. The van der Waals surface area contributed by atoms with Crippen molar-refractivity contribution in [3.8, 4) is 11.8 Å². The molecule has 0 aliphatic carbocycles. The molecule has 2 nitrogen and oxygen atoms in total. The van der Waals surface area contributed by atoms with Gasteiger partial charge in [0, 0.05) is 5.92 Å². The molecule has 13 heavy (non-hydrogen) atoms. The van der Waals surface area contributed by atoms with Crippen molar-refractivity contribution in [1.29, 1.82) is 0 Å². The zero-order valence-electron chi connectivity index (χ0n) is 6.99. The summed E-state index contributed by atoms with van der Waals surface area (Å²) in [5.41, 5.74) is 1.00. The molecular formula is C11H8O2. The summed E-state index contributed by atoms with van der Waals surface area (Å²) in [6, 6.07) is 9.64. The van der Waals surface area contributed by atoms with Crippen molar-refractivity contribution in [2.45, 2.75) is 12.5 Å². The standard InChI is InChI=1S/C11H8O2/c12-11-8-4-7-10(13-11)9-5-2-1-3-6-9/h1-3,5-6,10H,7H2/t10-/m1/s1. The van der Waals surface area contributed by atoms with E-state index in [4.69, 9.17) is 4.74 Å². The maximum Gasteiger partial charge on any atom is 0.384 e. The van der Waals surface area contributed by atoms with Crippen LogP contribution in [-0.2, 0) is 9.53 Å². The maximum atomic E-state index is 10.9. The molecule has 0 spiro atoms. The van der Waals surface area contributed by atoms with E-state index in [1.54, 1.807) is 0 Å². The van der Waals surface area contributed by atoms with Gasteiger partial charge in [0.25, 0.3) is 0 Å². The highest BCUT2D eigenvalue weighted by Gasteiger charge is 2.16. The Morgan fingerprint density at radius 2 is 2.08 bits per heavy atom. The van der Waals surface area contributed by atoms with Crippen LogP contribution in [0.1, 0.15) is 18.1 Å². The minimum absolute atomic E-state index is 0.185. The molecule has 64 valence electrons. The van der Waals surface area contributed by atoms with Crippen molar-refractivity contribution < 1.29 is 9.53 Å². The molecule has 0 bridgehead atoms. The van der Waals surface area contributed by atoms with E-state index < -0.39 is 5.97 Å². The van der Waals surface area contributed by atoms with E-state index in [1.165, 1.54) is 0 Å². The van der Waals surface area contributed by atoms with Crippen molar-refractivity contribution in [2.75, 3.05) is 0 Å². The van der Waals surface area contributed by atoms with Gasteiger partial charge in [0.2, 0.25) is 0 Å². The Bertz CT molecular complexity index is 370. The number of carbonyl (C=O) groups excluding carboxylic acids is 1. The molecule has 0 radical (unpaired) electrons. The van der Waals surface area contributed by atoms with Gasteiger partial charge in [-0.2, -0.15) is 0 Å². The fourth-order valence-corrected chi connectivity index (χ4v) is 1.27. The summed E-state index contributed by atoms with van der Waals surface area (Å²) in [6.45, 7) is 0. The fraction of sp³-hybridized carbons (Fsp3) is 0.182. The van der Waals surface area contributed by atoms with Crippen LogP contribution in [0.2, 0.25) is 0 Å². The summed E-state index contributed by atoms with van der Waals surface area (Å²) in [5.74, 6) is 4.70. The van der Waals surface area contributed by atoms with Crippen LogP contribution in [0.3, 0.4) is 0 Å². The predicted molar refractivity (Wildman–Crippen MR) is 47.7 cm³/mol. The summed E-state index contributed by atoms with van der Waals surface area (Å²) in [5, 5.41) is 0. The van der Waals surface area contributed by atoms with Crippen LogP contribution in [-0.4, -0.2) is 5.97 Å². The largest absolute Gasteiger partial charge is 0.447 e. The summed E-state index contributed by atoms with van der Waals surface area (Å²) in [4.78, 5) is 10.9. The zero-order valence-corrected chi connectivity index (χ0v) is 6.99. The van der Waals surface area contributed by atoms with Crippen LogP contribution in [0, 0.1) is 11.8 Å². The quantitative estimate of drug-likeness (QED) is 0.366. The number of ether oxygens (including phenoxy) is 1. The first-order valence-corrected chi connectivity index (χ1v) is 4.11. The Labute approximate surface area is 76.5 Å². The van der Waals surface area contributed by atoms with E-state index in [-0.39, 0.29) is 6.10 Å². The van der Waals surface area contributed by atoms with Crippen molar-refractivity contribution in [3.63, 3.8) is 0 Å². The topological polar surface area (TPSA) is 26.3 Å². The number of esters is 1. The predicted octanol–water partition coefficient (Wildman–Crippen LogP) is 1.68. The van der Waals surface area contributed by atoms with Gasteiger partial charge in [-0.15, -0.1) is 0 Å². The molecule has 0 fully saturated rings. The Kier molecular flexibility index (Phi) is 2.01. The molecule has 0 saturated carbocycles. The maximum absolute atomic E-state index is 10.9. The van der Waals surface area contributed by atoms with E-state index in [0.29, 0.717) is 6.42 Å². The van der Waals surface area contributed by atoms with Crippen LogP contribution in [0.15, 0.2) is 30.3 Å². The highest BCUT2D eigenvalue weighted by Crippen LogP contribution is 2.22. The molecule has 2 heteroatoms. The molecule has 0 aromatic heterocycles. The van der Waals surface area contributed by atoms with Crippen LogP contribution in [0.25, 0.3) is 0 Å². The van der Waals surface area contributed by atoms with Gasteiger partial charge in [0.15, 0.2) is 0 Å². The number of carbonyl (C=O) groups is 1. The Balaban J connectivity index is 2.21. The molecule has 1 aliphatic rings. The molecule has 1 aromatic carbocycles.